The van der Waals surface area contributed by atoms with Crippen molar-refractivity contribution in [2.75, 3.05) is 32.1 Å². The third kappa shape index (κ3) is 5.04. The molecule has 0 saturated carbocycles. The first kappa shape index (κ1) is 11.5. The number of carbonyl (C=O) groups is 1. The minimum atomic E-state index is -0.147. The van der Waals surface area contributed by atoms with Gasteiger partial charge in [-0.2, -0.15) is 0 Å². The monoisotopic (exact) mass is 210 g/mol. The Labute approximate surface area is 88.1 Å². The molecule has 0 aliphatic carbocycles. The van der Waals surface area contributed by atoms with Crippen LogP contribution in [0, 0.1) is 0 Å². The predicted octanol–water partition coefficient (Wildman–Crippen LogP) is -0.349. The molecule has 0 aliphatic rings. The van der Waals surface area contributed by atoms with E-state index in [1.54, 1.807) is 13.3 Å². The molecule has 1 heterocycles. The van der Waals surface area contributed by atoms with Gasteiger partial charge in [0, 0.05) is 26.0 Å². The highest BCUT2D eigenvalue weighted by Crippen LogP contribution is 1.95. The van der Waals surface area contributed by atoms with E-state index < -0.39 is 0 Å². The second kappa shape index (κ2) is 6.86. The molecule has 1 aromatic heterocycles. The summed E-state index contributed by atoms with van der Waals surface area (Å²) in [7, 11) is 1.61. The van der Waals surface area contributed by atoms with Crippen molar-refractivity contribution in [1.29, 1.82) is 0 Å². The first-order valence-corrected chi connectivity index (χ1v) is 4.58. The predicted molar refractivity (Wildman–Crippen MR) is 55.4 cm³/mol. The van der Waals surface area contributed by atoms with Crippen LogP contribution in [0.1, 0.15) is 0 Å². The van der Waals surface area contributed by atoms with E-state index in [0.29, 0.717) is 19.0 Å². The largest absolute Gasteiger partial charge is 0.383 e. The average molecular weight is 210 g/mol. The molecule has 0 atom stereocenters. The molecule has 0 fully saturated rings. The van der Waals surface area contributed by atoms with Crippen molar-refractivity contribution in [1.82, 2.24) is 15.3 Å². The van der Waals surface area contributed by atoms with Gasteiger partial charge in [-0.1, -0.05) is 0 Å². The number of hydrogen-bond donors (Lipinski definition) is 2. The fourth-order valence-corrected chi connectivity index (χ4v) is 0.927. The zero-order valence-corrected chi connectivity index (χ0v) is 8.56. The molecule has 15 heavy (non-hydrogen) atoms. The van der Waals surface area contributed by atoms with Gasteiger partial charge in [-0.25, -0.2) is 4.98 Å². The Morgan fingerprint density at radius 2 is 2.40 bits per heavy atom. The third-order valence-electron chi connectivity index (χ3n) is 1.60. The second-order valence-electron chi connectivity index (χ2n) is 2.81. The topological polar surface area (TPSA) is 76.1 Å². The van der Waals surface area contributed by atoms with Gasteiger partial charge in [0.25, 0.3) is 0 Å². The van der Waals surface area contributed by atoms with Gasteiger partial charge < -0.3 is 15.4 Å². The van der Waals surface area contributed by atoms with Gasteiger partial charge in [0.2, 0.25) is 5.91 Å². The van der Waals surface area contributed by atoms with Crippen molar-refractivity contribution in [3.63, 3.8) is 0 Å². The number of amides is 1. The van der Waals surface area contributed by atoms with E-state index in [1.165, 1.54) is 12.4 Å². The lowest BCUT2D eigenvalue weighted by atomic mass is 10.5. The summed E-state index contributed by atoms with van der Waals surface area (Å²) in [6, 6.07) is 0. The normalized spacial score (nSPS) is 9.93. The molecule has 0 radical (unpaired) electrons. The molecule has 2 N–H and O–H groups in total. The molecule has 1 rings (SSSR count). The van der Waals surface area contributed by atoms with Crippen LogP contribution in [0.25, 0.3) is 0 Å². The summed E-state index contributed by atoms with van der Waals surface area (Å²) in [4.78, 5) is 19.0. The number of ether oxygens (including phenoxy) is 1. The number of hydrogen-bond acceptors (Lipinski definition) is 5. The van der Waals surface area contributed by atoms with E-state index in [4.69, 9.17) is 4.74 Å². The second-order valence-corrected chi connectivity index (χ2v) is 2.81. The summed E-state index contributed by atoms with van der Waals surface area (Å²) in [5, 5.41) is 5.52. The van der Waals surface area contributed by atoms with Crippen LogP contribution in [0.2, 0.25) is 0 Å². The van der Waals surface area contributed by atoms with Crippen LogP contribution in [0.5, 0.6) is 0 Å². The Kier molecular flexibility index (Phi) is 5.28. The number of carbonyl (C=O) groups excluding carboxylic acids is 1. The maximum Gasteiger partial charge on any atom is 0.239 e. The molecule has 0 aliphatic heterocycles. The van der Waals surface area contributed by atoms with E-state index in [-0.39, 0.29) is 12.5 Å². The lowest BCUT2D eigenvalue weighted by Gasteiger charge is -2.04. The minimum Gasteiger partial charge on any atom is -0.383 e. The van der Waals surface area contributed by atoms with Crippen LogP contribution in [0.4, 0.5) is 5.82 Å². The molecule has 1 aromatic rings. The smallest absolute Gasteiger partial charge is 0.239 e. The standard InChI is InChI=1S/C9H14N4O2/c1-15-5-4-11-7-9(14)13-8-6-10-2-3-12-8/h2-3,6,11H,4-5,7H2,1H3,(H,12,13,14). The molecule has 0 bridgehead atoms. The van der Waals surface area contributed by atoms with Crippen molar-refractivity contribution in [2.45, 2.75) is 0 Å². The molecule has 6 nitrogen and oxygen atoms in total. The van der Waals surface area contributed by atoms with Crippen LogP contribution < -0.4 is 10.6 Å². The Balaban J connectivity index is 2.19. The van der Waals surface area contributed by atoms with E-state index in [1.807, 2.05) is 0 Å². The number of rotatable bonds is 6. The minimum absolute atomic E-state index is 0.147. The maximum absolute atomic E-state index is 11.3. The highest BCUT2D eigenvalue weighted by Gasteiger charge is 2.01. The van der Waals surface area contributed by atoms with Gasteiger partial charge in [0.05, 0.1) is 19.3 Å². The fraction of sp³-hybridized carbons (Fsp3) is 0.444. The van der Waals surface area contributed by atoms with Crippen molar-refractivity contribution in [3.8, 4) is 0 Å². The Morgan fingerprint density at radius 1 is 1.53 bits per heavy atom. The Morgan fingerprint density at radius 3 is 3.07 bits per heavy atom. The van der Waals surface area contributed by atoms with Gasteiger partial charge in [0.15, 0.2) is 5.82 Å². The summed E-state index contributed by atoms with van der Waals surface area (Å²) in [5.41, 5.74) is 0. The first-order valence-electron chi connectivity index (χ1n) is 4.58. The Bertz CT molecular complexity index is 291. The van der Waals surface area contributed by atoms with Crippen LogP contribution in [0.15, 0.2) is 18.6 Å². The molecule has 6 heteroatoms. The highest BCUT2D eigenvalue weighted by atomic mass is 16.5. The molecule has 0 spiro atoms. The van der Waals surface area contributed by atoms with E-state index >= 15 is 0 Å². The molecule has 82 valence electrons. The molecule has 0 unspecified atom stereocenters. The zero-order chi connectivity index (χ0) is 10.9. The summed E-state index contributed by atoms with van der Waals surface area (Å²) in [5.74, 6) is 0.308. The highest BCUT2D eigenvalue weighted by molar-refractivity contribution is 5.91. The summed E-state index contributed by atoms with van der Waals surface area (Å²) < 4.78 is 4.83. The third-order valence-corrected chi connectivity index (χ3v) is 1.60. The van der Waals surface area contributed by atoms with Crippen LogP contribution >= 0.6 is 0 Å². The molecule has 1 amide bonds. The number of nitrogens with zero attached hydrogens (tertiary/aromatic N) is 2. The van der Waals surface area contributed by atoms with Gasteiger partial charge in [0.1, 0.15) is 0 Å². The van der Waals surface area contributed by atoms with Crippen LogP contribution in [-0.4, -0.2) is 42.7 Å². The summed E-state index contributed by atoms with van der Waals surface area (Å²) >= 11 is 0. The van der Waals surface area contributed by atoms with Crippen molar-refractivity contribution >= 4 is 11.7 Å². The Hall–Kier alpha value is -1.53. The van der Waals surface area contributed by atoms with E-state index in [0.717, 1.165) is 0 Å². The summed E-state index contributed by atoms with van der Waals surface area (Å²) in [6.45, 7) is 1.46. The van der Waals surface area contributed by atoms with E-state index in [9.17, 15) is 4.79 Å². The quantitative estimate of drug-likeness (QED) is 0.628. The van der Waals surface area contributed by atoms with Crippen LogP contribution in [-0.2, 0) is 9.53 Å². The fourth-order valence-electron chi connectivity index (χ4n) is 0.927. The first-order chi connectivity index (χ1) is 7.33. The van der Waals surface area contributed by atoms with Crippen LogP contribution in [0.3, 0.4) is 0 Å². The van der Waals surface area contributed by atoms with Gasteiger partial charge in [-0.15, -0.1) is 0 Å². The number of methoxy groups -OCH3 is 1. The van der Waals surface area contributed by atoms with Crippen molar-refractivity contribution in [3.05, 3.63) is 18.6 Å². The molecular formula is C9H14N4O2. The molecule has 0 saturated heterocycles. The SMILES string of the molecule is COCCNCC(=O)Nc1cnccn1. The average Bonchev–Trinajstić information content (AvgIpc) is 2.26. The number of anilines is 1. The molecular weight excluding hydrogens is 196 g/mol. The van der Waals surface area contributed by atoms with Crippen molar-refractivity contribution < 1.29 is 9.53 Å². The van der Waals surface area contributed by atoms with Gasteiger partial charge >= 0.3 is 0 Å². The van der Waals surface area contributed by atoms with Gasteiger partial charge in [-0.05, 0) is 0 Å². The summed E-state index contributed by atoms with van der Waals surface area (Å²) in [6.07, 6.45) is 4.56. The maximum atomic E-state index is 11.3. The lowest BCUT2D eigenvalue weighted by molar-refractivity contribution is -0.115. The van der Waals surface area contributed by atoms with Crippen molar-refractivity contribution in [2.24, 2.45) is 0 Å². The lowest BCUT2D eigenvalue weighted by Crippen LogP contribution is -2.30. The van der Waals surface area contributed by atoms with E-state index in [2.05, 4.69) is 20.6 Å². The number of nitrogens with one attached hydrogen (secondary N) is 2. The molecule has 0 aromatic carbocycles. The van der Waals surface area contributed by atoms with Gasteiger partial charge in [-0.3, -0.25) is 9.78 Å². The zero-order valence-electron chi connectivity index (χ0n) is 8.56. The number of aromatic nitrogens is 2.